The Bertz CT molecular complexity index is 1170. The fraction of sp³-hybridized carbons (Fsp3) is 0.375. The molecule has 0 spiro atoms. The van der Waals surface area contributed by atoms with Gasteiger partial charge in [0, 0.05) is 6.20 Å². The summed E-state index contributed by atoms with van der Waals surface area (Å²) < 4.78 is 5.78. The summed E-state index contributed by atoms with van der Waals surface area (Å²) in [6.45, 7) is 8.37. The fourth-order valence-electron chi connectivity index (χ4n) is 3.97. The van der Waals surface area contributed by atoms with Crippen molar-refractivity contribution in [1.82, 2.24) is 10.3 Å². The number of hydrogen-bond donors (Lipinski definition) is 3. The number of aromatic nitrogens is 1. The minimum atomic E-state index is -0.585. The van der Waals surface area contributed by atoms with Crippen LogP contribution in [0.3, 0.4) is 0 Å². The van der Waals surface area contributed by atoms with E-state index < -0.39 is 5.91 Å². The molecular weight excluding hydrogens is 438 g/mol. The molecule has 0 aliphatic carbocycles. The van der Waals surface area contributed by atoms with Gasteiger partial charge in [0.25, 0.3) is 5.91 Å². The Balaban J connectivity index is 0.000000376. The topological polar surface area (TPSA) is 110 Å². The number of hydrogen-bond acceptors (Lipinski definition) is 6. The van der Waals surface area contributed by atoms with E-state index >= 15 is 0 Å². The Labute approximate surface area is 197 Å². The highest BCUT2D eigenvalue weighted by Gasteiger charge is 2.32. The summed E-state index contributed by atoms with van der Waals surface area (Å²) in [6.07, 6.45) is 5.90. The number of anilines is 3. The number of carbonyl (C=O) groups excluding carboxylic acids is 2. The van der Waals surface area contributed by atoms with Crippen molar-refractivity contribution in [3.63, 3.8) is 0 Å². The lowest BCUT2D eigenvalue weighted by atomic mass is 10.1. The van der Waals surface area contributed by atoms with Gasteiger partial charge in [0.1, 0.15) is 15.5 Å². The van der Waals surface area contributed by atoms with Crippen molar-refractivity contribution >= 4 is 50.6 Å². The second-order valence-electron chi connectivity index (χ2n) is 8.37. The number of nitrogens with two attached hydrogens (primary N) is 1. The summed E-state index contributed by atoms with van der Waals surface area (Å²) in [5.41, 5.74) is 8.18. The van der Waals surface area contributed by atoms with Crippen LogP contribution in [0.1, 0.15) is 48.3 Å². The zero-order chi connectivity index (χ0) is 23.5. The Morgan fingerprint density at radius 2 is 1.97 bits per heavy atom. The molecule has 0 saturated carbocycles. The summed E-state index contributed by atoms with van der Waals surface area (Å²) in [5.74, 6) is 0.192. The predicted octanol–water partition coefficient (Wildman–Crippen LogP) is 4.93. The summed E-state index contributed by atoms with van der Waals surface area (Å²) in [4.78, 5) is 31.4. The lowest BCUT2D eigenvalue weighted by Crippen LogP contribution is -2.34. The molecule has 3 aromatic rings. The molecule has 0 atom stereocenters. The summed E-state index contributed by atoms with van der Waals surface area (Å²) >= 11 is 1.18. The largest absolute Gasteiger partial charge is 0.491 e. The number of nitrogens with zero attached hydrogens (tertiary/aromatic N) is 2. The maximum atomic E-state index is 12.9. The molecule has 4 heterocycles. The van der Waals surface area contributed by atoms with Crippen molar-refractivity contribution in [3.05, 3.63) is 40.9 Å². The number of piperidine rings is 1. The Hall–Kier alpha value is -3.17. The number of urea groups is 1. The first-order chi connectivity index (χ1) is 15.9. The molecule has 5 rings (SSSR count). The third kappa shape index (κ3) is 4.79. The zero-order valence-corrected chi connectivity index (χ0v) is 19.9. The Kier molecular flexibility index (Phi) is 6.80. The number of aryl methyl sites for hydroxylation is 1. The van der Waals surface area contributed by atoms with Gasteiger partial charge in [-0.1, -0.05) is 6.42 Å². The molecule has 0 radical (unpaired) electrons. The highest BCUT2D eigenvalue weighted by atomic mass is 32.1. The quantitative estimate of drug-likeness (QED) is 0.504. The Morgan fingerprint density at radius 1 is 1.21 bits per heavy atom. The van der Waals surface area contributed by atoms with E-state index in [9.17, 15) is 9.59 Å². The van der Waals surface area contributed by atoms with Gasteiger partial charge >= 0.3 is 6.03 Å². The molecule has 3 amide bonds. The molecule has 33 heavy (non-hydrogen) atoms. The summed E-state index contributed by atoms with van der Waals surface area (Å²) in [6, 6.07) is 7.00. The van der Waals surface area contributed by atoms with Crippen LogP contribution in [0.5, 0.6) is 5.75 Å². The maximum Gasteiger partial charge on any atom is 0.331 e. The van der Waals surface area contributed by atoms with Crippen LogP contribution in [0.2, 0.25) is 0 Å². The molecule has 1 aromatic carbocycles. The number of primary amides is 1. The van der Waals surface area contributed by atoms with E-state index in [1.807, 2.05) is 39.0 Å². The fourth-order valence-corrected chi connectivity index (χ4v) is 4.95. The molecule has 0 unspecified atom stereocenters. The predicted molar refractivity (Wildman–Crippen MR) is 133 cm³/mol. The van der Waals surface area contributed by atoms with Crippen LogP contribution >= 0.6 is 11.3 Å². The van der Waals surface area contributed by atoms with Gasteiger partial charge in [0.15, 0.2) is 0 Å². The molecule has 4 N–H and O–H groups in total. The molecule has 0 bridgehead atoms. The van der Waals surface area contributed by atoms with Gasteiger partial charge < -0.3 is 21.1 Å². The van der Waals surface area contributed by atoms with Gasteiger partial charge in [0.2, 0.25) is 0 Å². The van der Waals surface area contributed by atoms with Crippen molar-refractivity contribution in [2.75, 3.05) is 23.3 Å². The van der Waals surface area contributed by atoms with E-state index in [0.29, 0.717) is 26.8 Å². The van der Waals surface area contributed by atoms with Crippen LogP contribution < -0.4 is 26.0 Å². The first-order valence-electron chi connectivity index (χ1n) is 11.2. The van der Waals surface area contributed by atoms with E-state index in [1.54, 1.807) is 17.2 Å². The van der Waals surface area contributed by atoms with E-state index in [4.69, 9.17) is 10.5 Å². The van der Waals surface area contributed by atoms with Crippen molar-refractivity contribution in [3.8, 4) is 5.75 Å². The van der Waals surface area contributed by atoms with Crippen molar-refractivity contribution in [2.45, 2.75) is 46.1 Å². The number of carbonyl (C=O) groups is 2. The van der Waals surface area contributed by atoms with Gasteiger partial charge in [-0.2, -0.15) is 0 Å². The van der Waals surface area contributed by atoms with Gasteiger partial charge in [0.05, 0.1) is 28.6 Å². The van der Waals surface area contributed by atoms with E-state index in [2.05, 4.69) is 15.6 Å². The minimum Gasteiger partial charge on any atom is -0.491 e. The standard InChI is InChI=1S/C19H18N4O3S.C5H11N/c1-9(2)26-13-5-4-11(8-10(13)3)23-12-6-7-21-18-14(12)15(22-19(23)25)16(27-18)17(20)24;1-2-4-6-5-3-1/h4-9H,1-3H3,(H2,20,24)(H,22,25);6H,1-5H2. The monoisotopic (exact) mass is 467 g/mol. The molecule has 9 heteroatoms. The van der Waals surface area contributed by atoms with Gasteiger partial charge in [-0.3, -0.25) is 9.69 Å². The number of rotatable bonds is 4. The highest BCUT2D eigenvalue weighted by molar-refractivity contribution is 7.21. The van der Waals surface area contributed by atoms with E-state index in [1.165, 1.54) is 43.7 Å². The van der Waals surface area contributed by atoms with Crippen molar-refractivity contribution < 1.29 is 14.3 Å². The number of nitrogens with one attached hydrogen (secondary N) is 2. The van der Waals surface area contributed by atoms with Gasteiger partial charge in [-0.05, 0) is 76.5 Å². The first kappa shape index (κ1) is 23.0. The van der Waals surface area contributed by atoms with E-state index in [0.717, 1.165) is 16.7 Å². The van der Waals surface area contributed by atoms with Crippen LogP contribution in [0.4, 0.5) is 21.9 Å². The molecule has 2 aliphatic rings. The molecule has 2 aromatic heterocycles. The number of pyridine rings is 1. The molecule has 1 saturated heterocycles. The second kappa shape index (κ2) is 9.76. The number of ether oxygens (including phenoxy) is 1. The van der Waals surface area contributed by atoms with Crippen LogP contribution in [0.15, 0.2) is 30.5 Å². The lowest BCUT2D eigenvalue weighted by Gasteiger charge is -2.28. The smallest absolute Gasteiger partial charge is 0.331 e. The van der Waals surface area contributed by atoms with Crippen LogP contribution in [0.25, 0.3) is 10.2 Å². The summed E-state index contributed by atoms with van der Waals surface area (Å²) in [5, 5.41) is 6.80. The molecule has 174 valence electrons. The Morgan fingerprint density at radius 3 is 2.55 bits per heavy atom. The molecular formula is C24H29N5O3S. The maximum absolute atomic E-state index is 12.9. The van der Waals surface area contributed by atoms with Crippen LogP contribution in [0, 0.1) is 6.92 Å². The van der Waals surface area contributed by atoms with Crippen LogP contribution in [-0.4, -0.2) is 36.1 Å². The second-order valence-corrected chi connectivity index (χ2v) is 9.37. The third-order valence-corrected chi connectivity index (χ3v) is 6.57. The number of benzene rings is 1. The average molecular weight is 468 g/mol. The first-order valence-corrected chi connectivity index (χ1v) is 12.0. The molecule has 2 aliphatic heterocycles. The highest BCUT2D eigenvalue weighted by Crippen LogP contribution is 2.45. The SMILES string of the molecule is C1CCNCC1.Cc1cc(N2C(=O)Nc3c(C(N)=O)sc4nccc2c34)ccc1OC(C)C. The number of amides is 3. The normalized spacial score (nSPS) is 15.2. The summed E-state index contributed by atoms with van der Waals surface area (Å²) in [7, 11) is 0. The zero-order valence-electron chi connectivity index (χ0n) is 19.1. The molecule has 8 nitrogen and oxygen atoms in total. The lowest BCUT2D eigenvalue weighted by molar-refractivity contribution is 0.100. The van der Waals surface area contributed by atoms with Crippen LogP contribution in [-0.2, 0) is 0 Å². The van der Waals surface area contributed by atoms with E-state index in [-0.39, 0.29) is 12.1 Å². The number of thiophene rings is 1. The third-order valence-electron chi connectivity index (χ3n) is 5.46. The molecule has 1 fully saturated rings. The average Bonchev–Trinajstić information content (AvgIpc) is 3.17. The minimum absolute atomic E-state index is 0.0632. The van der Waals surface area contributed by atoms with Crippen molar-refractivity contribution in [1.29, 1.82) is 0 Å². The van der Waals surface area contributed by atoms with Gasteiger partial charge in [-0.15, -0.1) is 11.3 Å². The van der Waals surface area contributed by atoms with Crippen molar-refractivity contribution in [2.24, 2.45) is 5.73 Å². The van der Waals surface area contributed by atoms with Gasteiger partial charge in [-0.25, -0.2) is 9.78 Å².